The highest BCUT2D eigenvalue weighted by atomic mass is 35.5. The molecular formula is C17H23ClN4O3. The average molecular weight is 367 g/mol. The largest absolute Gasteiger partial charge is 0.369 e. The molecule has 4 N–H and O–H groups in total. The van der Waals surface area contributed by atoms with Crippen molar-refractivity contribution < 1.29 is 14.4 Å². The van der Waals surface area contributed by atoms with Crippen molar-refractivity contribution in [2.75, 3.05) is 31.5 Å². The number of nitrogens with two attached hydrogens (primary N) is 1. The predicted molar refractivity (Wildman–Crippen MR) is 96.4 cm³/mol. The molecule has 1 atom stereocenters. The number of rotatable bonds is 6. The second-order valence-electron chi connectivity index (χ2n) is 6.17. The third kappa shape index (κ3) is 5.72. The molecule has 0 spiro atoms. The molecular weight excluding hydrogens is 344 g/mol. The summed E-state index contributed by atoms with van der Waals surface area (Å²) < 4.78 is 0. The quantitative estimate of drug-likeness (QED) is 0.704. The fraction of sp³-hybridized carbons (Fsp3) is 0.471. The summed E-state index contributed by atoms with van der Waals surface area (Å²) in [5, 5.41) is 5.76. The summed E-state index contributed by atoms with van der Waals surface area (Å²) in [6.45, 7) is 3.98. The Balaban J connectivity index is 1.88. The number of piperidine rings is 1. The highest BCUT2D eigenvalue weighted by Gasteiger charge is 2.23. The lowest BCUT2D eigenvalue weighted by Gasteiger charge is -2.31. The number of likely N-dealkylation sites (tertiary alicyclic amines) is 1. The first-order chi connectivity index (χ1) is 11.9. The van der Waals surface area contributed by atoms with E-state index in [-0.39, 0.29) is 23.6 Å². The molecule has 1 aliphatic heterocycles. The molecule has 0 unspecified atom stereocenters. The molecule has 2 rings (SSSR count). The third-order valence-electron chi connectivity index (χ3n) is 4.15. The topological polar surface area (TPSA) is 105 Å². The van der Waals surface area contributed by atoms with Crippen LogP contribution in [0.4, 0.5) is 5.69 Å². The van der Waals surface area contributed by atoms with Crippen LogP contribution in [0.5, 0.6) is 0 Å². The summed E-state index contributed by atoms with van der Waals surface area (Å²) >= 11 is 6.07. The minimum atomic E-state index is -0.305. The van der Waals surface area contributed by atoms with Gasteiger partial charge in [-0.05, 0) is 37.6 Å². The fourth-order valence-electron chi connectivity index (χ4n) is 2.89. The van der Waals surface area contributed by atoms with Gasteiger partial charge in [-0.3, -0.25) is 14.4 Å². The Labute approximate surface area is 151 Å². The van der Waals surface area contributed by atoms with Gasteiger partial charge in [-0.2, -0.15) is 0 Å². The van der Waals surface area contributed by atoms with E-state index in [1.165, 1.54) is 6.92 Å². The second-order valence-corrected chi connectivity index (χ2v) is 6.58. The van der Waals surface area contributed by atoms with Crippen LogP contribution in [0.3, 0.4) is 0 Å². The minimum absolute atomic E-state index is 0.117. The smallest absolute Gasteiger partial charge is 0.252 e. The van der Waals surface area contributed by atoms with Gasteiger partial charge in [0.15, 0.2) is 0 Å². The Bertz CT molecular complexity index is 665. The van der Waals surface area contributed by atoms with Crippen molar-refractivity contribution in [2.24, 2.45) is 11.7 Å². The summed E-state index contributed by atoms with van der Waals surface area (Å²) in [4.78, 5) is 36.8. The van der Waals surface area contributed by atoms with Gasteiger partial charge in [0.05, 0.1) is 16.5 Å². The van der Waals surface area contributed by atoms with Crippen molar-refractivity contribution in [2.45, 2.75) is 19.8 Å². The highest BCUT2D eigenvalue weighted by molar-refractivity contribution is 6.34. The van der Waals surface area contributed by atoms with Crippen LogP contribution in [-0.4, -0.2) is 48.8 Å². The number of primary amides is 1. The van der Waals surface area contributed by atoms with Crippen LogP contribution in [0.25, 0.3) is 0 Å². The summed E-state index contributed by atoms with van der Waals surface area (Å²) in [6, 6.07) is 4.76. The normalized spacial score (nSPS) is 17.8. The first-order valence-electron chi connectivity index (χ1n) is 8.24. The number of anilines is 1. The number of carbonyl (C=O) groups is 3. The summed E-state index contributed by atoms with van der Waals surface area (Å²) in [5.41, 5.74) is 6.19. The lowest BCUT2D eigenvalue weighted by atomic mass is 9.97. The van der Waals surface area contributed by atoms with Gasteiger partial charge in [0.1, 0.15) is 0 Å². The Morgan fingerprint density at radius 1 is 1.36 bits per heavy atom. The Morgan fingerprint density at radius 2 is 2.12 bits per heavy atom. The van der Waals surface area contributed by atoms with E-state index in [4.69, 9.17) is 17.3 Å². The van der Waals surface area contributed by atoms with Crippen LogP contribution in [0.15, 0.2) is 18.2 Å². The highest BCUT2D eigenvalue weighted by Crippen LogP contribution is 2.20. The molecule has 1 fully saturated rings. The van der Waals surface area contributed by atoms with Crippen molar-refractivity contribution >= 4 is 35.0 Å². The maximum Gasteiger partial charge on any atom is 0.252 e. The molecule has 3 amide bonds. The molecule has 25 heavy (non-hydrogen) atoms. The maximum absolute atomic E-state index is 12.3. The minimum Gasteiger partial charge on any atom is -0.369 e. The van der Waals surface area contributed by atoms with Gasteiger partial charge in [0.2, 0.25) is 11.8 Å². The van der Waals surface area contributed by atoms with E-state index in [0.717, 1.165) is 19.4 Å². The van der Waals surface area contributed by atoms with E-state index >= 15 is 0 Å². The van der Waals surface area contributed by atoms with Crippen molar-refractivity contribution in [3.05, 3.63) is 28.8 Å². The standard InChI is InChI=1S/C17H23ClN4O3/c1-11(23)21-13-4-5-15(18)14(9-13)17(25)20-6-8-22-7-2-3-12(10-22)16(19)24/h4-5,9,12H,2-3,6-8,10H2,1H3,(H2,19,24)(H,20,25)(H,21,23)/t12-/m0/s1. The van der Waals surface area contributed by atoms with Crippen molar-refractivity contribution in [1.29, 1.82) is 0 Å². The molecule has 1 aromatic rings. The van der Waals surface area contributed by atoms with E-state index in [0.29, 0.717) is 35.9 Å². The van der Waals surface area contributed by atoms with Crippen LogP contribution in [0, 0.1) is 5.92 Å². The van der Waals surface area contributed by atoms with Crippen LogP contribution < -0.4 is 16.4 Å². The lowest BCUT2D eigenvalue weighted by Crippen LogP contribution is -2.44. The molecule has 1 saturated heterocycles. The van der Waals surface area contributed by atoms with Gasteiger partial charge in [0.25, 0.3) is 5.91 Å². The van der Waals surface area contributed by atoms with Gasteiger partial charge in [-0.15, -0.1) is 0 Å². The van der Waals surface area contributed by atoms with Gasteiger partial charge < -0.3 is 21.3 Å². The first-order valence-corrected chi connectivity index (χ1v) is 8.61. The van der Waals surface area contributed by atoms with Gasteiger partial charge in [-0.1, -0.05) is 11.6 Å². The second kappa shape index (κ2) is 8.82. The zero-order valence-electron chi connectivity index (χ0n) is 14.2. The Hall–Kier alpha value is -2.12. The third-order valence-corrected chi connectivity index (χ3v) is 4.48. The lowest BCUT2D eigenvalue weighted by molar-refractivity contribution is -0.123. The first kappa shape index (κ1) is 19.2. The molecule has 1 aliphatic rings. The Morgan fingerprint density at radius 3 is 2.80 bits per heavy atom. The number of nitrogens with zero attached hydrogens (tertiary/aromatic N) is 1. The van der Waals surface area contributed by atoms with Crippen molar-refractivity contribution in [3.63, 3.8) is 0 Å². The van der Waals surface area contributed by atoms with E-state index in [2.05, 4.69) is 15.5 Å². The van der Waals surface area contributed by atoms with E-state index in [9.17, 15) is 14.4 Å². The van der Waals surface area contributed by atoms with Crippen LogP contribution in [0.1, 0.15) is 30.1 Å². The molecule has 7 nitrogen and oxygen atoms in total. The molecule has 1 aromatic carbocycles. The van der Waals surface area contributed by atoms with Gasteiger partial charge in [-0.25, -0.2) is 0 Å². The number of nitrogens with one attached hydrogen (secondary N) is 2. The van der Waals surface area contributed by atoms with Gasteiger partial charge >= 0.3 is 0 Å². The van der Waals surface area contributed by atoms with Crippen LogP contribution in [0.2, 0.25) is 5.02 Å². The van der Waals surface area contributed by atoms with Crippen molar-refractivity contribution in [3.8, 4) is 0 Å². The molecule has 1 heterocycles. The SMILES string of the molecule is CC(=O)Nc1ccc(Cl)c(C(=O)NCCN2CCC[C@H](C(N)=O)C2)c1. The van der Waals surface area contributed by atoms with Gasteiger partial charge in [0, 0.05) is 32.2 Å². The molecule has 8 heteroatoms. The molecule has 136 valence electrons. The molecule has 0 saturated carbocycles. The van der Waals surface area contributed by atoms with E-state index < -0.39 is 0 Å². The number of halogens is 1. The number of amides is 3. The number of hydrogen-bond donors (Lipinski definition) is 3. The van der Waals surface area contributed by atoms with Crippen molar-refractivity contribution in [1.82, 2.24) is 10.2 Å². The molecule has 0 aliphatic carbocycles. The Kier molecular flexibility index (Phi) is 6.78. The van der Waals surface area contributed by atoms with E-state index in [1.54, 1.807) is 18.2 Å². The summed E-state index contributed by atoms with van der Waals surface area (Å²) in [5.74, 6) is -0.910. The van der Waals surface area contributed by atoms with Crippen LogP contribution in [-0.2, 0) is 9.59 Å². The monoisotopic (exact) mass is 366 g/mol. The number of benzene rings is 1. The molecule has 0 radical (unpaired) electrons. The number of hydrogen-bond acceptors (Lipinski definition) is 4. The molecule has 0 aromatic heterocycles. The summed E-state index contributed by atoms with van der Waals surface area (Å²) in [7, 11) is 0. The average Bonchev–Trinajstić information content (AvgIpc) is 2.56. The predicted octanol–water partition coefficient (Wildman–Crippen LogP) is 1.23. The maximum atomic E-state index is 12.3. The number of carbonyl (C=O) groups excluding carboxylic acids is 3. The zero-order valence-corrected chi connectivity index (χ0v) is 14.9. The molecule has 0 bridgehead atoms. The zero-order chi connectivity index (χ0) is 18.4. The summed E-state index contributed by atoms with van der Waals surface area (Å²) in [6.07, 6.45) is 1.75. The fourth-order valence-corrected chi connectivity index (χ4v) is 3.10. The van der Waals surface area contributed by atoms with E-state index in [1.807, 2.05) is 0 Å². The van der Waals surface area contributed by atoms with Crippen LogP contribution >= 0.6 is 11.6 Å².